The first-order valence-corrected chi connectivity index (χ1v) is 7.91. The van der Waals surface area contributed by atoms with Gasteiger partial charge in [-0.1, -0.05) is 12.1 Å². The van der Waals surface area contributed by atoms with Gasteiger partial charge in [-0.3, -0.25) is 5.43 Å². The minimum absolute atomic E-state index is 0.169. The van der Waals surface area contributed by atoms with Crippen molar-refractivity contribution in [3.8, 4) is 0 Å². The predicted octanol–water partition coefficient (Wildman–Crippen LogP) is 2.29. The average molecular weight is 306 g/mol. The Kier molecular flexibility index (Phi) is 4.19. The van der Waals surface area contributed by atoms with E-state index in [1.807, 2.05) is 13.0 Å². The van der Waals surface area contributed by atoms with Gasteiger partial charge in [-0.15, -0.1) is 0 Å². The predicted molar refractivity (Wildman–Crippen MR) is 81.5 cm³/mol. The first-order chi connectivity index (χ1) is 10.6. The number of methoxy groups -OCH3 is 1. The summed E-state index contributed by atoms with van der Waals surface area (Å²) in [5, 5.41) is 2.09. The number of halogens is 1. The molecule has 2 bridgehead atoms. The Labute approximate surface area is 130 Å². The molecule has 0 unspecified atom stereocenters. The fourth-order valence-corrected chi connectivity index (χ4v) is 4.06. The van der Waals surface area contributed by atoms with Crippen molar-refractivity contribution in [1.29, 1.82) is 0 Å². The summed E-state index contributed by atoms with van der Waals surface area (Å²) in [6, 6.07) is 7.03. The summed E-state index contributed by atoms with van der Waals surface area (Å²) < 4.78 is 18.2. The molecule has 0 aromatic heterocycles. The molecule has 3 rings (SSSR count). The molecule has 1 aromatic carbocycles. The number of hydrogen-bond acceptors (Lipinski definition) is 4. The lowest BCUT2D eigenvalue weighted by Crippen LogP contribution is -2.62. The van der Waals surface area contributed by atoms with Crippen molar-refractivity contribution in [2.75, 3.05) is 13.7 Å². The van der Waals surface area contributed by atoms with Gasteiger partial charge in [0.2, 0.25) is 0 Å². The van der Waals surface area contributed by atoms with Gasteiger partial charge < -0.3 is 4.74 Å². The van der Waals surface area contributed by atoms with Crippen molar-refractivity contribution in [3.05, 3.63) is 35.6 Å². The van der Waals surface area contributed by atoms with Gasteiger partial charge in [-0.2, -0.15) is 0 Å². The second kappa shape index (κ2) is 5.97. The minimum atomic E-state index is -0.584. The number of piperidine rings is 1. The van der Waals surface area contributed by atoms with Crippen molar-refractivity contribution >= 4 is 5.97 Å². The Morgan fingerprint density at radius 3 is 3.05 bits per heavy atom. The maximum absolute atomic E-state index is 13.2. The van der Waals surface area contributed by atoms with E-state index in [0.717, 1.165) is 31.2 Å². The van der Waals surface area contributed by atoms with Crippen LogP contribution in [-0.2, 0) is 16.0 Å². The summed E-state index contributed by atoms with van der Waals surface area (Å²) in [5.41, 5.74) is 3.77. The molecule has 1 aliphatic carbocycles. The fourth-order valence-electron chi connectivity index (χ4n) is 4.06. The Morgan fingerprint density at radius 2 is 2.32 bits per heavy atom. The van der Waals surface area contributed by atoms with Crippen molar-refractivity contribution in [3.63, 3.8) is 0 Å². The van der Waals surface area contributed by atoms with Crippen LogP contribution >= 0.6 is 0 Å². The normalized spacial score (nSPS) is 30.7. The Balaban J connectivity index is 1.64. The molecular formula is C17H23FN2O2. The molecule has 0 spiro atoms. The van der Waals surface area contributed by atoms with Crippen LogP contribution in [0, 0.1) is 11.7 Å². The molecule has 2 aliphatic rings. The van der Waals surface area contributed by atoms with E-state index in [1.54, 1.807) is 12.1 Å². The van der Waals surface area contributed by atoms with Crippen molar-refractivity contribution in [2.45, 2.75) is 44.2 Å². The largest absolute Gasteiger partial charge is 0.468 e. The molecule has 2 fully saturated rings. The molecule has 0 amide bonds. The average Bonchev–Trinajstić information content (AvgIpc) is 3.08. The number of ether oxygens (including phenoxy) is 1. The van der Waals surface area contributed by atoms with Crippen LogP contribution in [-0.4, -0.2) is 36.2 Å². The minimum Gasteiger partial charge on any atom is -0.468 e. The second-order valence-electron chi connectivity index (χ2n) is 6.46. The molecule has 1 N–H and O–H groups in total. The molecule has 22 heavy (non-hydrogen) atoms. The van der Waals surface area contributed by atoms with E-state index in [9.17, 15) is 9.18 Å². The van der Waals surface area contributed by atoms with E-state index >= 15 is 0 Å². The molecule has 1 heterocycles. The smallest absolute Gasteiger partial charge is 0.327 e. The highest BCUT2D eigenvalue weighted by Crippen LogP contribution is 2.48. The van der Waals surface area contributed by atoms with Gasteiger partial charge in [0.1, 0.15) is 11.4 Å². The zero-order valence-electron chi connectivity index (χ0n) is 13.1. The monoisotopic (exact) mass is 306 g/mol. The van der Waals surface area contributed by atoms with E-state index in [4.69, 9.17) is 4.74 Å². The van der Waals surface area contributed by atoms with Crippen molar-refractivity contribution < 1.29 is 13.9 Å². The van der Waals surface area contributed by atoms with Gasteiger partial charge in [0.15, 0.2) is 0 Å². The molecule has 4 nitrogen and oxygen atoms in total. The maximum atomic E-state index is 13.2. The fraction of sp³-hybridized carbons (Fsp3) is 0.588. The van der Waals surface area contributed by atoms with E-state index in [2.05, 4.69) is 10.4 Å². The highest BCUT2D eigenvalue weighted by atomic mass is 19.1. The lowest BCUT2D eigenvalue weighted by atomic mass is 9.85. The topological polar surface area (TPSA) is 41.6 Å². The number of hydrazine groups is 1. The van der Waals surface area contributed by atoms with Crippen LogP contribution in [0.2, 0.25) is 0 Å². The number of nitrogens with zero attached hydrogens (tertiary/aromatic N) is 1. The Hall–Kier alpha value is -1.46. The summed E-state index contributed by atoms with van der Waals surface area (Å²) in [4.78, 5) is 12.3. The van der Waals surface area contributed by atoms with Crippen molar-refractivity contribution in [1.82, 2.24) is 10.4 Å². The SMILES string of the molecule is COC(=O)[C@]1(C)[C@H]2CC[C@H](C2)N1NCCc1cccc(F)c1. The number of nitrogens with one attached hydrogen (secondary N) is 1. The van der Waals surface area contributed by atoms with Gasteiger partial charge in [-0.05, 0) is 56.2 Å². The number of fused-ring (bicyclic) bond motifs is 2. The first kappa shape index (κ1) is 15.4. The van der Waals surface area contributed by atoms with Gasteiger partial charge >= 0.3 is 5.97 Å². The lowest BCUT2D eigenvalue weighted by Gasteiger charge is -2.42. The van der Waals surface area contributed by atoms with Crippen LogP contribution in [0.1, 0.15) is 31.7 Å². The molecule has 1 saturated carbocycles. The molecule has 1 aliphatic heterocycles. The molecule has 3 atom stereocenters. The third kappa shape index (κ3) is 2.52. The van der Waals surface area contributed by atoms with Crippen LogP contribution in [0.4, 0.5) is 4.39 Å². The molecule has 1 aromatic rings. The standard InChI is InChI=1S/C17H23FN2O2/c1-17(16(21)22-2)13-6-7-15(11-13)20(17)19-9-8-12-4-3-5-14(18)10-12/h3-5,10,13,15,19H,6-9,11H2,1-2H3/t13-,15+,17-/m0/s1. The van der Waals surface area contributed by atoms with E-state index in [0.29, 0.717) is 18.5 Å². The third-order valence-corrected chi connectivity index (χ3v) is 5.25. The number of carbonyl (C=O) groups excluding carboxylic acids is 1. The molecule has 1 saturated heterocycles. The Bertz CT molecular complexity index is 565. The van der Waals surface area contributed by atoms with Crippen LogP contribution in [0.25, 0.3) is 0 Å². The number of esters is 1. The van der Waals surface area contributed by atoms with Crippen LogP contribution < -0.4 is 5.43 Å². The molecular weight excluding hydrogens is 283 g/mol. The molecule has 0 radical (unpaired) electrons. The zero-order valence-corrected chi connectivity index (χ0v) is 13.1. The van der Waals surface area contributed by atoms with Gasteiger partial charge in [-0.25, -0.2) is 14.2 Å². The number of benzene rings is 1. The van der Waals surface area contributed by atoms with Crippen LogP contribution in [0.15, 0.2) is 24.3 Å². The third-order valence-electron chi connectivity index (χ3n) is 5.25. The summed E-state index contributed by atoms with van der Waals surface area (Å²) >= 11 is 0. The van der Waals surface area contributed by atoms with E-state index in [-0.39, 0.29) is 11.8 Å². The van der Waals surface area contributed by atoms with Crippen LogP contribution in [0.5, 0.6) is 0 Å². The quantitative estimate of drug-likeness (QED) is 0.848. The highest BCUT2D eigenvalue weighted by molar-refractivity contribution is 5.81. The maximum Gasteiger partial charge on any atom is 0.327 e. The van der Waals surface area contributed by atoms with Crippen LogP contribution in [0.3, 0.4) is 0 Å². The summed E-state index contributed by atoms with van der Waals surface area (Å²) in [7, 11) is 1.45. The van der Waals surface area contributed by atoms with E-state index < -0.39 is 5.54 Å². The zero-order chi connectivity index (χ0) is 15.7. The molecule has 5 heteroatoms. The Morgan fingerprint density at radius 1 is 1.50 bits per heavy atom. The molecule has 120 valence electrons. The summed E-state index contributed by atoms with van der Waals surface area (Å²) in [6.07, 6.45) is 3.96. The van der Waals surface area contributed by atoms with Gasteiger partial charge in [0, 0.05) is 12.6 Å². The number of rotatable bonds is 5. The number of hydrogen-bond donors (Lipinski definition) is 1. The van der Waals surface area contributed by atoms with Gasteiger partial charge in [0.05, 0.1) is 7.11 Å². The van der Waals surface area contributed by atoms with Gasteiger partial charge in [0.25, 0.3) is 0 Å². The lowest BCUT2D eigenvalue weighted by molar-refractivity contribution is -0.160. The number of carbonyl (C=O) groups is 1. The second-order valence-corrected chi connectivity index (χ2v) is 6.46. The van der Waals surface area contributed by atoms with E-state index in [1.165, 1.54) is 13.2 Å². The summed E-state index contributed by atoms with van der Waals surface area (Å²) in [5.74, 6) is -0.0262. The van der Waals surface area contributed by atoms with Crippen molar-refractivity contribution in [2.24, 2.45) is 5.92 Å². The summed E-state index contributed by atoms with van der Waals surface area (Å²) in [6.45, 7) is 2.65. The first-order valence-electron chi connectivity index (χ1n) is 7.91. The highest BCUT2D eigenvalue weighted by Gasteiger charge is 2.59.